The van der Waals surface area contributed by atoms with Crippen molar-refractivity contribution in [1.29, 1.82) is 0 Å². The number of carbonyl (C=O) groups is 2. The fourth-order valence-electron chi connectivity index (χ4n) is 5.60. The van der Waals surface area contributed by atoms with Crippen molar-refractivity contribution < 1.29 is 23.3 Å². The Kier molecular flexibility index (Phi) is 3.63. The maximum atomic E-state index is 13.4. The normalized spacial score (nSPS) is 32.6. The van der Waals surface area contributed by atoms with Gasteiger partial charge in [-0.15, -0.1) is 0 Å². The van der Waals surface area contributed by atoms with E-state index in [1.165, 1.54) is 24.4 Å². The minimum absolute atomic E-state index is 0.117. The first-order chi connectivity index (χ1) is 14.9. The molecule has 1 aromatic heterocycles. The van der Waals surface area contributed by atoms with Crippen LogP contribution in [0.4, 0.5) is 10.1 Å². The van der Waals surface area contributed by atoms with Crippen LogP contribution in [0.5, 0.6) is 0 Å². The van der Waals surface area contributed by atoms with Crippen LogP contribution in [0.25, 0.3) is 11.3 Å². The quantitative estimate of drug-likeness (QED) is 0.247. The topological polar surface area (TPSA) is 106 Å². The number of rotatable bonds is 4. The van der Waals surface area contributed by atoms with E-state index in [1.54, 1.807) is 0 Å². The molecule has 2 amide bonds. The highest BCUT2D eigenvalue weighted by Crippen LogP contribution is 2.65. The van der Waals surface area contributed by atoms with Gasteiger partial charge in [0.05, 0.1) is 34.6 Å². The Morgan fingerprint density at radius 1 is 1.10 bits per heavy atom. The number of halogens is 1. The van der Waals surface area contributed by atoms with E-state index in [0.29, 0.717) is 11.8 Å². The smallest absolute Gasteiger partial charge is 0.283 e. The van der Waals surface area contributed by atoms with Crippen molar-refractivity contribution in [3.8, 4) is 11.3 Å². The molecule has 9 heteroatoms. The second-order valence-electron chi connectivity index (χ2n) is 8.51. The second kappa shape index (κ2) is 6.19. The number of hydrazone groups is 1. The van der Waals surface area contributed by atoms with Crippen molar-refractivity contribution in [3.05, 3.63) is 64.2 Å². The number of nitrogens with zero attached hydrogens (tertiary/aromatic N) is 3. The van der Waals surface area contributed by atoms with Gasteiger partial charge in [-0.05, 0) is 54.4 Å². The fourth-order valence-corrected chi connectivity index (χ4v) is 5.60. The van der Waals surface area contributed by atoms with Crippen LogP contribution >= 0.6 is 0 Å². The molecule has 4 aliphatic carbocycles. The van der Waals surface area contributed by atoms with E-state index in [1.807, 2.05) is 0 Å². The molecule has 1 aromatic carbocycles. The van der Waals surface area contributed by atoms with Crippen LogP contribution in [-0.4, -0.2) is 28.0 Å². The first kappa shape index (κ1) is 18.2. The number of imide groups is 1. The van der Waals surface area contributed by atoms with Gasteiger partial charge in [-0.25, -0.2) is 4.39 Å². The predicted octanol–water partition coefficient (Wildman–Crippen LogP) is 3.38. The third-order valence-corrected chi connectivity index (χ3v) is 6.99. The molecule has 2 saturated carbocycles. The van der Waals surface area contributed by atoms with Crippen LogP contribution in [0.3, 0.4) is 0 Å². The molecule has 0 N–H and O–H groups in total. The summed E-state index contributed by atoms with van der Waals surface area (Å²) in [6.45, 7) is 0. The molecule has 0 unspecified atom stereocenters. The summed E-state index contributed by atoms with van der Waals surface area (Å²) in [4.78, 5) is 36.4. The van der Waals surface area contributed by atoms with Gasteiger partial charge < -0.3 is 4.42 Å². The average Bonchev–Trinajstić information content (AvgIpc) is 3.39. The van der Waals surface area contributed by atoms with Gasteiger partial charge in [0.25, 0.3) is 17.5 Å². The minimum atomic E-state index is -0.725. The Hall–Kier alpha value is -3.62. The SMILES string of the molecule is O=C1[C@@H]2[C@H]3C=C[C@H]([C@@H]4C[C@H]34)[C@@H]2C(=O)N1/N=C\c1ccc(-c2ccc(F)cc2[N+](=O)[O-])o1. The van der Waals surface area contributed by atoms with Crippen molar-refractivity contribution in [2.24, 2.45) is 40.6 Å². The highest BCUT2D eigenvalue weighted by Gasteiger charge is 2.67. The molecule has 0 radical (unpaired) electrons. The van der Waals surface area contributed by atoms with Gasteiger partial charge in [-0.1, -0.05) is 12.2 Å². The zero-order valence-electron chi connectivity index (χ0n) is 16.1. The molecule has 8 nitrogen and oxygen atoms in total. The van der Waals surface area contributed by atoms with Gasteiger partial charge in [0, 0.05) is 0 Å². The van der Waals surface area contributed by atoms with Gasteiger partial charge in [0.2, 0.25) is 0 Å². The molecular weight excluding hydrogens is 405 g/mol. The van der Waals surface area contributed by atoms with Crippen molar-refractivity contribution in [2.45, 2.75) is 6.42 Å². The summed E-state index contributed by atoms with van der Waals surface area (Å²) in [6.07, 6.45) is 6.52. The molecule has 3 fully saturated rings. The lowest BCUT2D eigenvalue weighted by molar-refractivity contribution is -0.384. The highest BCUT2D eigenvalue weighted by molar-refractivity contribution is 6.06. The predicted molar refractivity (Wildman–Crippen MR) is 105 cm³/mol. The summed E-state index contributed by atoms with van der Waals surface area (Å²) < 4.78 is 19.0. The lowest BCUT2D eigenvalue weighted by atomic mass is 9.63. The summed E-state index contributed by atoms with van der Waals surface area (Å²) in [6, 6.07) is 6.20. The summed E-state index contributed by atoms with van der Waals surface area (Å²) in [5, 5.41) is 16.2. The molecule has 31 heavy (non-hydrogen) atoms. The number of furan rings is 1. The third kappa shape index (κ3) is 2.55. The molecule has 2 bridgehead atoms. The van der Waals surface area contributed by atoms with E-state index in [9.17, 15) is 24.1 Å². The van der Waals surface area contributed by atoms with E-state index in [4.69, 9.17) is 4.42 Å². The van der Waals surface area contributed by atoms with E-state index >= 15 is 0 Å². The Morgan fingerprint density at radius 3 is 2.42 bits per heavy atom. The van der Waals surface area contributed by atoms with E-state index < -0.39 is 16.4 Å². The summed E-state index contributed by atoms with van der Waals surface area (Å²) in [5.74, 6) is -0.332. The van der Waals surface area contributed by atoms with Gasteiger partial charge in [-0.3, -0.25) is 19.7 Å². The van der Waals surface area contributed by atoms with E-state index in [0.717, 1.165) is 23.6 Å². The second-order valence-corrected chi connectivity index (χ2v) is 8.51. The Labute approximate surface area is 175 Å². The number of allylic oxidation sites excluding steroid dienone is 2. The van der Waals surface area contributed by atoms with Crippen LogP contribution in [0, 0.1) is 51.4 Å². The number of amides is 2. The monoisotopic (exact) mass is 421 g/mol. The number of benzene rings is 1. The zero-order chi connectivity index (χ0) is 21.4. The Morgan fingerprint density at radius 2 is 1.77 bits per heavy atom. The van der Waals surface area contributed by atoms with Gasteiger partial charge >= 0.3 is 0 Å². The summed E-state index contributed by atoms with van der Waals surface area (Å²) in [7, 11) is 0. The fraction of sp³-hybridized carbons (Fsp3) is 0.318. The van der Waals surface area contributed by atoms with Gasteiger partial charge in [-0.2, -0.15) is 10.1 Å². The first-order valence-electron chi connectivity index (χ1n) is 10.1. The lowest BCUT2D eigenvalue weighted by Crippen LogP contribution is -2.40. The molecule has 7 rings (SSSR count). The average molecular weight is 421 g/mol. The first-order valence-corrected chi connectivity index (χ1v) is 10.1. The van der Waals surface area contributed by atoms with Crippen molar-refractivity contribution >= 4 is 23.7 Å². The maximum Gasteiger partial charge on any atom is 0.283 e. The van der Waals surface area contributed by atoms with Gasteiger partial charge in [0.1, 0.15) is 17.3 Å². The lowest BCUT2D eigenvalue weighted by Gasteiger charge is -2.37. The Bertz CT molecular complexity index is 1180. The summed E-state index contributed by atoms with van der Waals surface area (Å²) >= 11 is 0. The zero-order valence-corrected chi connectivity index (χ0v) is 16.1. The molecule has 1 saturated heterocycles. The maximum absolute atomic E-state index is 13.4. The minimum Gasteiger partial charge on any atom is -0.455 e. The largest absolute Gasteiger partial charge is 0.455 e. The molecule has 5 aliphatic rings. The standard InChI is InChI=1S/C22H16FN3O5/c23-10-1-3-14(17(7-10)26(29)30)18-6-2-11(31-18)9-24-25-21(27)19-12-4-5-13(16-8-15(12)16)20(19)22(25)28/h1-7,9,12-13,15-16,19-20H,8H2/b24-9-/t12-,13+,15+,16-,19+,20-. The van der Waals surface area contributed by atoms with Crippen molar-refractivity contribution in [1.82, 2.24) is 5.01 Å². The molecule has 156 valence electrons. The molecule has 1 aliphatic heterocycles. The van der Waals surface area contributed by atoms with Crippen molar-refractivity contribution in [3.63, 3.8) is 0 Å². The van der Waals surface area contributed by atoms with Crippen LogP contribution in [0.15, 0.2) is 52.0 Å². The van der Waals surface area contributed by atoms with Crippen LogP contribution in [0.2, 0.25) is 0 Å². The van der Waals surface area contributed by atoms with Crippen molar-refractivity contribution in [2.75, 3.05) is 0 Å². The Balaban J connectivity index is 1.26. The molecule has 2 heterocycles. The van der Waals surface area contributed by atoms with E-state index in [-0.39, 0.29) is 52.6 Å². The molecule has 6 atom stereocenters. The number of carbonyl (C=O) groups excluding carboxylic acids is 2. The third-order valence-electron chi connectivity index (χ3n) is 6.99. The number of hydrogen-bond acceptors (Lipinski definition) is 6. The van der Waals surface area contributed by atoms with Crippen LogP contribution < -0.4 is 0 Å². The molecular formula is C22H16FN3O5. The molecule has 2 aromatic rings. The van der Waals surface area contributed by atoms with Crippen LogP contribution in [0.1, 0.15) is 12.2 Å². The molecule has 0 spiro atoms. The van der Waals surface area contributed by atoms with E-state index in [2.05, 4.69) is 17.3 Å². The highest BCUT2D eigenvalue weighted by atomic mass is 19.1. The number of nitro benzene ring substituents is 1. The van der Waals surface area contributed by atoms with Crippen LogP contribution in [-0.2, 0) is 9.59 Å². The number of hydrogen-bond donors (Lipinski definition) is 0. The number of nitro groups is 1. The summed E-state index contributed by atoms with van der Waals surface area (Å²) in [5.41, 5.74) is -0.305. The van der Waals surface area contributed by atoms with Gasteiger partial charge in [0.15, 0.2) is 0 Å².